The van der Waals surface area contributed by atoms with Gasteiger partial charge in [0.1, 0.15) is 16.8 Å². The number of nitrogens with zero attached hydrogens (tertiary/aromatic N) is 2. The minimum absolute atomic E-state index is 0.511. The Morgan fingerprint density at radius 1 is 1.32 bits per heavy atom. The minimum atomic E-state index is 0.511. The summed E-state index contributed by atoms with van der Waals surface area (Å²) in [6, 6.07) is 2.35. The van der Waals surface area contributed by atoms with Gasteiger partial charge in [-0.1, -0.05) is 32.4 Å². The molecule has 4 heteroatoms. The maximum atomic E-state index is 6.07. The highest BCUT2D eigenvalue weighted by Crippen LogP contribution is 2.30. The van der Waals surface area contributed by atoms with Crippen LogP contribution in [0.3, 0.4) is 0 Å². The molecule has 1 aromatic heterocycles. The van der Waals surface area contributed by atoms with E-state index < -0.39 is 0 Å². The Bertz CT molecular complexity index is 422. The Morgan fingerprint density at radius 2 is 2.11 bits per heavy atom. The normalized spacial score (nSPS) is 27.3. The van der Waals surface area contributed by atoms with Gasteiger partial charge >= 0.3 is 0 Å². The summed E-state index contributed by atoms with van der Waals surface area (Å²) in [6.07, 6.45) is 5.72. The van der Waals surface area contributed by atoms with E-state index in [1.807, 2.05) is 6.07 Å². The number of rotatable bonds is 4. The Balaban J connectivity index is 2.05. The summed E-state index contributed by atoms with van der Waals surface area (Å²) < 4.78 is 0. The third-order valence-electron chi connectivity index (χ3n) is 3.98. The van der Waals surface area contributed by atoms with Crippen molar-refractivity contribution in [1.82, 2.24) is 9.97 Å². The predicted octanol–water partition coefficient (Wildman–Crippen LogP) is 4.32. The lowest BCUT2D eigenvalue weighted by Gasteiger charge is -2.33. The van der Waals surface area contributed by atoms with Gasteiger partial charge in [-0.2, -0.15) is 0 Å². The van der Waals surface area contributed by atoms with Crippen LogP contribution in [0.1, 0.15) is 52.3 Å². The average Bonchev–Trinajstić information content (AvgIpc) is 2.32. The van der Waals surface area contributed by atoms with Crippen molar-refractivity contribution in [2.75, 3.05) is 5.32 Å². The smallest absolute Gasteiger partial charge is 0.134 e. The molecule has 1 aliphatic rings. The maximum absolute atomic E-state index is 6.07. The van der Waals surface area contributed by atoms with Crippen molar-refractivity contribution in [2.45, 2.75) is 58.9 Å². The van der Waals surface area contributed by atoms with E-state index in [9.17, 15) is 0 Å². The van der Waals surface area contributed by atoms with Gasteiger partial charge in [0.2, 0.25) is 0 Å². The highest BCUT2D eigenvalue weighted by atomic mass is 35.5. The van der Waals surface area contributed by atoms with E-state index in [0.29, 0.717) is 17.1 Å². The van der Waals surface area contributed by atoms with Crippen LogP contribution >= 0.6 is 11.6 Å². The molecule has 1 saturated carbocycles. The molecule has 0 aromatic carbocycles. The molecule has 1 heterocycles. The average molecular weight is 282 g/mol. The van der Waals surface area contributed by atoms with E-state index in [1.165, 1.54) is 19.3 Å². The molecule has 0 radical (unpaired) electrons. The van der Waals surface area contributed by atoms with Crippen molar-refractivity contribution in [3.63, 3.8) is 0 Å². The monoisotopic (exact) mass is 281 g/mol. The zero-order valence-corrected chi connectivity index (χ0v) is 12.9. The largest absolute Gasteiger partial charge is 0.367 e. The molecule has 3 atom stereocenters. The number of aryl methyl sites for hydroxylation is 1. The van der Waals surface area contributed by atoms with Crippen LogP contribution in [0.15, 0.2) is 6.07 Å². The van der Waals surface area contributed by atoms with Gasteiger partial charge in [0.15, 0.2) is 0 Å². The summed E-state index contributed by atoms with van der Waals surface area (Å²) in [4.78, 5) is 8.83. The van der Waals surface area contributed by atoms with Gasteiger partial charge in [-0.05, 0) is 37.5 Å². The van der Waals surface area contributed by atoms with Crippen molar-refractivity contribution in [2.24, 2.45) is 11.8 Å². The van der Waals surface area contributed by atoms with Crippen molar-refractivity contribution in [3.05, 3.63) is 17.0 Å². The molecule has 3 unspecified atom stereocenters. The SMILES string of the molecule is CCCc1nc(Cl)cc(NC2CCC(C)CC2C)n1. The lowest BCUT2D eigenvalue weighted by Crippen LogP contribution is -2.33. The molecule has 1 aromatic rings. The molecule has 0 aliphatic heterocycles. The zero-order valence-electron chi connectivity index (χ0n) is 12.1. The molecule has 0 bridgehead atoms. The van der Waals surface area contributed by atoms with Crippen LogP contribution in [-0.2, 0) is 6.42 Å². The van der Waals surface area contributed by atoms with Gasteiger partial charge in [0.25, 0.3) is 0 Å². The van der Waals surface area contributed by atoms with Crippen LogP contribution in [0.5, 0.6) is 0 Å². The fraction of sp³-hybridized carbons (Fsp3) is 0.733. The fourth-order valence-electron chi connectivity index (χ4n) is 2.94. The summed E-state index contributed by atoms with van der Waals surface area (Å²) in [6.45, 7) is 6.79. The summed E-state index contributed by atoms with van der Waals surface area (Å²) in [5, 5.41) is 4.09. The van der Waals surface area contributed by atoms with Crippen LogP contribution in [0.4, 0.5) is 5.82 Å². The van der Waals surface area contributed by atoms with Gasteiger partial charge in [0, 0.05) is 18.5 Å². The van der Waals surface area contributed by atoms with E-state index in [2.05, 4.69) is 36.1 Å². The molecule has 0 amide bonds. The second-order valence-electron chi connectivity index (χ2n) is 5.89. The fourth-order valence-corrected chi connectivity index (χ4v) is 3.14. The predicted molar refractivity (Wildman–Crippen MR) is 80.6 cm³/mol. The number of nitrogens with one attached hydrogen (secondary N) is 1. The van der Waals surface area contributed by atoms with E-state index >= 15 is 0 Å². The Hall–Kier alpha value is -0.830. The van der Waals surface area contributed by atoms with Crippen LogP contribution in [0, 0.1) is 11.8 Å². The summed E-state index contributed by atoms with van der Waals surface area (Å²) in [5.41, 5.74) is 0. The molecule has 0 saturated heterocycles. The van der Waals surface area contributed by atoms with Crippen molar-refractivity contribution >= 4 is 17.4 Å². The molecule has 0 spiro atoms. The third-order valence-corrected chi connectivity index (χ3v) is 4.17. The highest BCUT2D eigenvalue weighted by molar-refractivity contribution is 6.29. The molecule has 1 fully saturated rings. The minimum Gasteiger partial charge on any atom is -0.367 e. The van der Waals surface area contributed by atoms with E-state index in [0.717, 1.165) is 30.4 Å². The van der Waals surface area contributed by atoms with E-state index in [1.54, 1.807) is 0 Å². The number of anilines is 1. The summed E-state index contributed by atoms with van der Waals surface area (Å²) in [7, 11) is 0. The third kappa shape index (κ3) is 4.07. The van der Waals surface area contributed by atoms with Gasteiger partial charge in [-0.15, -0.1) is 0 Å². The number of aromatic nitrogens is 2. The van der Waals surface area contributed by atoms with Crippen molar-refractivity contribution in [1.29, 1.82) is 0 Å². The quantitative estimate of drug-likeness (QED) is 0.835. The molecule has 3 nitrogen and oxygen atoms in total. The van der Waals surface area contributed by atoms with Crippen molar-refractivity contribution in [3.8, 4) is 0 Å². The van der Waals surface area contributed by atoms with Crippen molar-refractivity contribution < 1.29 is 0 Å². The van der Waals surface area contributed by atoms with Crippen LogP contribution in [0.2, 0.25) is 5.15 Å². The van der Waals surface area contributed by atoms with Crippen LogP contribution in [-0.4, -0.2) is 16.0 Å². The first kappa shape index (κ1) is 14.6. The van der Waals surface area contributed by atoms with Gasteiger partial charge in [0.05, 0.1) is 0 Å². The first-order valence-electron chi connectivity index (χ1n) is 7.38. The second-order valence-corrected chi connectivity index (χ2v) is 6.28. The van der Waals surface area contributed by atoms with Gasteiger partial charge in [-0.3, -0.25) is 0 Å². The number of hydrogen-bond donors (Lipinski definition) is 1. The van der Waals surface area contributed by atoms with Gasteiger partial charge in [-0.25, -0.2) is 9.97 Å². The topological polar surface area (TPSA) is 37.8 Å². The summed E-state index contributed by atoms with van der Waals surface area (Å²) >= 11 is 6.07. The number of hydrogen-bond acceptors (Lipinski definition) is 3. The molecule has 19 heavy (non-hydrogen) atoms. The highest BCUT2D eigenvalue weighted by Gasteiger charge is 2.25. The zero-order chi connectivity index (χ0) is 13.8. The molecular formula is C15H24ClN3. The Kier molecular flexibility index (Phi) is 5.03. The standard InChI is InChI=1S/C15H24ClN3/c1-4-5-14-18-13(16)9-15(19-14)17-12-7-6-10(2)8-11(12)3/h9-12H,4-8H2,1-3H3,(H,17,18,19). The Labute approximate surface area is 121 Å². The maximum Gasteiger partial charge on any atom is 0.134 e. The van der Waals surface area contributed by atoms with E-state index in [4.69, 9.17) is 11.6 Å². The summed E-state index contributed by atoms with van der Waals surface area (Å²) in [5.74, 6) is 3.26. The lowest BCUT2D eigenvalue weighted by atomic mass is 9.80. The molecule has 1 N–H and O–H groups in total. The van der Waals surface area contributed by atoms with Crippen LogP contribution in [0.25, 0.3) is 0 Å². The molecular weight excluding hydrogens is 258 g/mol. The molecule has 1 aliphatic carbocycles. The second kappa shape index (κ2) is 6.56. The van der Waals surface area contributed by atoms with Gasteiger partial charge < -0.3 is 5.32 Å². The van der Waals surface area contributed by atoms with Crippen LogP contribution < -0.4 is 5.32 Å². The molecule has 2 rings (SSSR count). The first-order chi connectivity index (χ1) is 9.08. The van der Waals surface area contributed by atoms with E-state index in [-0.39, 0.29) is 0 Å². The Morgan fingerprint density at radius 3 is 2.79 bits per heavy atom. The lowest BCUT2D eigenvalue weighted by molar-refractivity contribution is 0.276. The molecule has 106 valence electrons. The first-order valence-corrected chi connectivity index (χ1v) is 7.76. The number of halogens is 1.